The predicted molar refractivity (Wildman–Crippen MR) is 66.1 cm³/mol. The molecule has 0 bridgehead atoms. The maximum Gasteiger partial charge on any atom is 0.127 e. The van der Waals surface area contributed by atoms with Crippen LogP contribution < -0.4 is 0 Å². The Morgan fingerprint density at radius 3 is 2.78 bits per heavy atom. The van der Waals surface area contributed by atoms with Gasteiger partial charge >= 0.3 is 0 Å². The number of halogens is 2. The number of hydrogen-bond acceptors (Lipinski definition) is 2. The van der Waals surface area contributed by atoms with Crippen molar-refractivity contribution in [3.8, 4) is 0 Å². The smallest absolute Gasteiger partial charge is 0.127 e. The molecule has 0 radical (unpaired) electrons. The van der Waals surface area contributed by atoms with Crippen molar-refractivity contribution in [2.24, 2.45) is 0 Å². The second kappa shape index (κ2) is 4.94. The van der Waals surface area contributed by atoms with Gasteiger partial charge in [0.05, 0.1) is 5.60 Å². The highest BCUT2D eigenvalue weighted by Gasteiger charge is 2.35. The summed E-state index contributed by atoms with van der Waals surface area (Å²) in [5.74, 6) is -0.816. The first-order chi connectivity index (χ1) is 8.38. The van der Waals surface area contributed by atoms with Gasteiger partial charge in [0.2, 0.25) is 0 Å². The highest BCUT2D eigenvalue weighted by molar-refractivity contribution is 5.19. The summed E-state index contributed by atoms with van der Waals surface area (Å²) in [6.45, 7) is 4.68. The van der Waals surface area contributed by atoms with E-state index >= 15 is 0 Å². The van der Waals surface area contributed by atoms with Gasteiger partial charge in [-0.05, 0) is 51.4 Å². The van der Waals surface area contributed by atoms with E-state index in [9.17, 15) is 13.9 Å². The SMILES string of the molecule is CC(C)(O)[C@@H]1CCCN1Cc1cc(F)ccc1F. The van der Waals surface area contributed by atoms with Crippen molar-refractivity contribution in [2.75, 3.05) is 6.54 Å². The van der Waals surface area contributed by atoms with Crippen LogP contribution in [-0.4, -0.2) is 28.2 Å². The summed E-state index contributed by atoms with van der Waals surface area (Å²) in [4.78, 5) is 2.03. The Labute approximate surface area is 106 Å². The van der Waals surface area contributed by atoms with Gasteiger partial charge in [-0.1, -0.05) is 0 Å². The third-order valence-corrected chi connectivity index (χ3v) is 3.56. The minimum atomic E-state index is -0.819. The fraction of sp³-hybridized carbons (Fsp3) is 0.571. The number of rotatable bonds is 3. The Balaban J connectivity index is 2.15. The second-order valence-electron chi connectivity index (χ2n) is 5.52. The third kappa shape index (κ3) is 2.87. The summed E-state index contributed by atoms with van der Waals surface area (Å²) in [6.07, 6.45) is 1.87. The lowest BCUT2D eigenvalue weighted by Crippen LogP contribution is -2.45. The monoisotopic (exact) mass is 255 g/mol. The van der Waals surface area contributed by atoms with Gasteiger partial charge < -0.3 is 5.11 Å². The molecule has 1 aromatic rings. The van der Waals surface area contributed by atoms with Gasteiger partial charge in [0, 0.05) is 18.2 Å². The number of hydrogen-bond donors (Lipinski definition) is 1. The van der Waals surface area contributed by atoms with Crippen LogP contribution in [0.3, 0.4) is 0 Å². The molecule has 18 heavy (non-hydrogen) atoms. The van der Waals surface area contributed by atoms with E-state index in [2.05, 4.69) is 0 Å². The standard InChI is InChI=1S/C14H19F2NO/c1-14(2,18)13-4-3-7-17(13)9-10-8-11(15)5-6-12(10)16/h5-6,8,13,18H,3-4,7,9H2,1-2H3/t13-/m0/s1. The van der Waals surface area contributed by atoms with Crippen molar-refractivity contribution in [3.05, 3.63) is 35.4 Å². The van der Waals surface area contributed by atoms with Crippen LogP contribution in [0.2, 0.25) is 0 Å². The molecule has 1 aliphatic rings. The molecule has 1 aliphatic heterocycles. The molecular formula is C14H19F2NO. The fourth-order valence-electron chi connectivity index (χ4n) is 2.70. The minimum absolute atomic E-state index is 0.000155. The molecule has 0 saturated carbocycles. The normalized spacial score (nSPS) is 21.5. The summed E-state index contributed by atoms with van der Waals surface area (Å²) in [6, 6.07) is 3.51. The van der Waals surface area contributed by atoms with Crippen molar-refractivity contribution in [2.45, 2.75) is 44.9 Å². The average Bonchev–Trinajstić information content (AvgIpc) is 2.71. The Morgan fingerprint density at radius 1 is 1.39 bits per heavy atom. The van der Waals surface area contributed by atoms with Gasteiger partial charge in [-0.2, -0.15) is 0 Å². The van der Waals surface area contributed by atoms with Crippen molar-refractivity contribution in [3.63, 3.8) is 0 Å². The van der Waals surface area contributed by atoms with E-state index in [0.717, 1.165) is 31.5 Å². The van der Waals surface area contributed by atoms with E-state index in [-0.39, 0.29) is 6.04 Å². The van der Waals surface area contributed by atoms with Crippen LogP contribution in [0.4, 0.5) is 8.78 Å². The minimum Gasteiger partial charge on any atom is -0.389 e. The molecule has 100 valence electrons. The number of aliphatic hydroxyl groups is 1. The Kier molecular flexibility index (Phi) is 3.69. The second-order valence-corrected chi connectivity index (χ2v) is 5.52. The zero-order chi connectivity index (χ0) is 13.3. The van der Waals surface area contributed by atoms with Gasteiger partial charge in [0.15, 0.2) is 0 Å². The van der Waals surface area contributed by atoms with Crippen LogP contribution >= 0.6 is 0 Å². The Morgan fingerprint density at radius 2 is 2.11 bits per heavy atom. The molecule has 0 spiro atoms. The molecule has 0 aliphatic carbocycles. The van der Waals surface area contributed by atoms with Gasteiger partial charge in [-0.25, -0.2) is 8.78 Å². The lowest BCUT2D eigenvalue weighted by atomic mass is 9.96. The van der Waals surface area contributed by atoms with Crippen LogP contribution in [0.15, 0.2) is 18.2 Å². The maximum atomic E-state index is 13.6. The molecule has 4 heteroatoms. The van der Waals surface area contributed by atoms with Gasteiger partial charge in [0.25, 0.3) is 0 Å². The highest BCUT2D eigenvalue weighted by Crippen LogP contribution is 2.28. The number of likely N-dealkylation sites (tertiary alicyclic amines) is 1. The van der Waals surface area contributed by atoms with Gasteiger partial charge in [0.1, 0.15) is 11.6 Å². The zero-order valence-corrected chi connectivity index (χ0v) is 10.8. The van der Waals surface area contributed by atoms with E-state index in [4.69, 9.17) is 0 Å². The molecule has 1 saturated heterocycles. The first-order valence-corrected chi connectivity index (χ1v) is 6.28. The van der Waals surface area contributed by atoms with E-state index in [1.165, 1.54) is 6.07 Å². The lowest BCUT2D eigenvalue weighted by Gasteiger charge is -2.33. The van der Waals surface area contributed by atoms with E-state index in [1.54, 1.807) is 13.8 Å². The summed E-state index contributed by atoms with van der Waals surface area (Å²) in [5.41, 5.74) is -0.466. The first kappa shape index (κ1) is 13.4. The molecule has 0 amide bonds. The summed E-state index contributed by atoms with van der Waals surface area (Å²) in [5, 5.41) is 10.1. The topological polar surface area (TPSA) is 23.5 Å². The van der Waals surface area contributed by atoms with E-state index < -0.39 is 17.2 Å². The van der Waals surface area contributed by atoms with Crippen LogP contribution in [-0.2, 0) is 6.54 Å². The van der Waals surface area contributed by atoms with Crippen LogP contribution in [0.1, 0.15) is 32.3 Å². The summed E-state index contributed by atoms with van der Waals surface area (Å²) >= 11 is 0. The molecular weight excluding hydrogens is 236 g/mol. The Bertz CT molecular complexity index is 428. The molecule has 1 atom stereocenters. The van der Waals surface area contributed by atoms with Crippen molar-refractivity contribution < 1.29 is 13.9 Å². The quantitative estimate of drug-likeness (QED) is 0.897. The highest BCUT2D eigenvalue weighted by atomic mass is 19.1. The molecule has 1 N–H and O–H groups in total. The van der Waals surface area contributed by atoms with E-state index in [0.29, 0.717) is 12.1 Å². The van der Waals surface area contributed by atoms with Gasteiger partial charge in [-0.3, -0.25) is 4.90 Å². The Hall–Kier alpha value is -1.00. The number of benzene rings is 1. The molecule has 2 rings (SSSR count). The first-order valence-electron chi connectivity index (χ1n) is 6.28. The van der Waals surface area contributed by atoms with E-state index in [1.807, 2.05) is 4.90 Å². The van der Waals surface area contributed by atoms with Crippen molar-refractivity contribution >= 4 is 0 Å². The largest absolute Gasteiger partial charge is 0.389 e. The molecule has 1 aromatic carbocycles. The van der Waals surface area contributed by atoms with Crippen LogP contribution in [0.25, 0.3) is 0 Å². The van der Waals surface area contributed by atoms with Gasteiger partial charge in [-0.15, -0.1) is 0 Å². The fourth-order valence-corrected chi connectivity index (χ4v) is 2.70. The summed E-state index contributed by atoms with van der Waals surface area (Å²) in [7, 11) is 0. The summed E-state index contributed by atoms with van der Waals surface area (Å²) < 4.78 is 26.7. The average molecular weight is 255 g/mol. The van der Waals surface area contributed by atoms with Crippen molar-refractivity contribution in [1.29, 1.82) is 0 Å². The molecule has 2 nitrogen and oxygen atoms in total. The lowest BCUT2D eigenvalue weighted by molar-refractivity contribution is -0.00533. The maximum absolute atomic E-state index is 13.6. The molecule has 1 fully saturated rings. The molecule has 0 aromatic heterocycles. The van der Waals surface area contributed by atoms with Crippen molar-refractivity contribution in [1.82, 2.24) is 4.90 Å². The predicted octanol–water partition coefficient (Wildman–Crippen LogP) is 2.70. The number of nitrogens with zero attached hydrogens (tertiary/aromatic N) is 1. The van der Waals surface area contributed by atoms with Crippen LogP contribution in [0.5, 0.6) is 0 Å². The van der Waals surface area contributed by atoms with Crippen LogP contribution in [0, 0.1) is 11.6 Å². The molecule has 1 heterocycles. The molecule has 0 unspecified atom stereocenters. The third-order valence-electron chi connectivity index (χ3n) is 3.56. The zero-order valence-electron chi connectivity index (χ0n) is 10.8.